The van der Waals surface area contributed by atoms with Gasteiger partial charge < -0.3 is 10.1 Å². The van der Waals surface area contributed by atoms with Crippen molar-refractivity contribution in [1.82, 2.24) is 5.32 Å². The van der Waals surface area contributed by atoms with Crippen LogP contribution in [-0.4, -0.2) is 24.1 Å². The Labute approximate surface area is 173 Å². The first-order chi connectivity index (χ1) is 13.6. The van der Waals surface area contributed by atoms with Gasteiger partial charge in [0.15, 0.2) is 0 Å². The van der Waals surface area contributed by atoms with E-state index in [9.17, 15) is 9.59 Å². The second-order valence-electron chi connectivity index (χ2n) is 8.38. The molecule has 156 valence electrons. The molecule has 0 heterocycles. The summed E-state index contributed by atoms with van der Waals surface area (Å²) < 4.78 is 5.22. The molecule has 0 aliphatic rings. The maximum atomic E-state index is 12.2. The molecule has 0 saturated carbocycles. The van der Waals surface area contributed by atoms with Crippen molar-refractivity contribution in [2.24, 2.45) is 0 Å². The third-order valence-electron chi connectivity index (χ3n) is 4.41. The Balaban J connectivity index is 1.72. The topological polar surface area (TPSA) is 67.4 Å². The molecule has 2 aromatic carbocycles. The molecule has 5 nitrogen and oxygen atoms in total. The number of nitrogens with one attached hydrogen (secondary N) is 2. The minimum Gasteiger partial charge on any atom is -0.444 e. The number of benzene rings is 2. The number of carbonyl (C=O) groups is 2. The van der Waals surface area contributed by atoms with Crippen molar-refractivity contribution in [3.63, 3.8) is 0 Å². The first-order valence-electron chi connectivity index (χ1n) is 10.0. The summed E-state index contributed by atoms with van der Waals surface area (Å²) in [6.45, 7) is 10.3. The van der Waals surface area contributed by atoms with E-state index in [-0.39, 0.29) is 5.91 Å². The highest BCUT2D eigenvalue weighted by Crippen LogP contribution is 2.14. The fourth-order valence-corrected chi connectivity index (χ4v) is 3.01. The Kier molecular flexibility index (Phi) is 7.82. The van der Waals surface area contributed by atoms with Crippen molar-refractivity contribution in [2.45, 2.75) is 59.5 Å². The smallest absolute Gasteiger partial charge is 0.412 e. The zero-order valence-electron chi connectivity index (χ0n) is 18.1. The van der Waals surface area contributed by atoms with E-state index >= 15 is 0 Å². The zero-order chi connectivity index (χ0) is 21.4. The van der Waals surface area contributed by atoms with Gasteiger partial charge in [-0.3, -0.25) is 10.1 Å². The molecule has 2 rings (SSSR count). The fraction of sp³-hybridized carbons (Fsp3) is 0.417. The Bertz CT molecular complexity index is 836. The van der Waals surface area contributed by atoms with Crippen LogP contribution in [0.3, 0.4) is 0 Å². The normalized spacial score (nSPS) is 11.1. The molecule has 0 saturated heterocycles. The quantitative estimate of drug-likeness (QED) is 0.651. The van der Waals surface area contributed by atoms with E-state index in [0.29, 0.717) is 18.7 Å². The van der Waals surface area contributed by atoms with Gasteiger partial charge in [-0.1, -0.05) is 35.9 Å². The largest absolute Gasteiger partial charge is 0.444 e. The number of ether oxygens (including phenoxy) is 1. The van der Waals surface area contributed by atoms with Gasteiger partial charge in [-0.15, -0.1) is 0 Å². The zero-order valence-corrected chi connectivity index (χ0v) is 18.1. The van der Waals surface area contributed by atoms with E-state index in [2.05, 4.69) is 42.7 Å². The molecular weight excluding hydrogens is 364 g/mol. The number of rotatable bonds is 7. The highest BCUT2D eigenvalue weighted by atomic mass is 16.6. The third-order valence-corrected chi connectivity index (χ3v) is 4.41. The third kappa shape index (κ3) is 8.38. The second-order valence-corrected chi connectivity index (χ2v) is 8.38. The Morgan fingerprint density at radius 1 is 1.00 bits per heavy atom. The lowest BCUT2D eigenvalue weighted by molar-refractivity contribution is -0.120. The fourth-order valence-electron chi connectivity index (χ4n) is 3.01. The van der Waals surface area contributed by atoms with Gasteiger partial charge in [-0.05, 0) is 76.3 Å². The summed E-state index contributed by atoms with van der Waals surface area (Å²) >= 11 is 0. The summed E-state index contributed by atoms with van der Waals surface area (Å²) in [5.74, 6) is -0.00141. The molecule has 0 aromatic heterocycles. The minimum absolute atomic E-state index is 0.00141. The van der Waals surface area contributed by atoms with Crippen molar-refractivity contribution >= 4 is 17.7 Å². The van der Waals surface area contributed by atoms with Crippen LogP contribution in [0.2, 0.25) is 0 Å². The molecule has 2 aromatic rings. The van der Waals surface area contributed by atoms with Gasteiger partial charge in [0.05, 0.1) is 6.42 Å². The number of hydrogen-bond donors (Lipinski definition) is 2. The van der Waals surface area contributed by atoms with Crippen LogP contribution >= 0.6 is 0 Å². The summed E-state index contributed by atoms with van der Waals surface area (Å²) in [4.78, 5) is 23.9. The average molecular weight is 397 g/mol. The second kappa shape index (κ2) is 10.1. The van der Waals surface area contributed by atoms with Crippen LogP contribution in [0.5, 0.6) is 0 Å². The molecule has 29 heavy (non-hydrogen) atoms. The van der Waals surface area contributed by atoms with E-state index < -0.39 is 11.7 Å². The maximum Gasteiger partial charge on any atom is 0.412 e. The standard InChI is InChI=1S/C24H32N2O3/c1-17-8-11-20(18(2)15-17)7-6-14-25-22(27)16-19-9-12-21(13-10-19)26-23(28)29-24(3,4)5/h8-13,15H,6-7,14,16H2,1-5H3,(H,25,27)(H,26,28). The number of anilines is 1. The number of carbonyl (C=O) groups excluding carboxylic acids is 2. The lowest BCUT2D eigenvalue weighted by atomic mass is 10.0. The van der Waals surface area contributed by atoms with Crippen molar-refractivity contribution in [1.29, 1.82) is 0 Å². The van der Waals surface area contributed by atoms with Crippen molar-refractivity contribution in [3.8, 4) is 0 Å². The summed E-state index contributed by atoms with van der Waals surface area (Å²) in [5, 5.41) is 5.66. The van der Waals surface area contributed by atoms with E-state index in [1.165, 1.54) is 16.7 Å². The highest BCUT2D eigenvalue weighted by Gasteiger charge is 2.16. The van der Waals surface area contributed by atoms with Gasteiger partial charge in [0.25, 0.3) is 0 Å². The van der Waals surface area contributed by atoms with Gasteiger partial charge in [-0.2, -0.15) is 0 Å². The average Bonchev–Trinajstić information content (AvgIpc) is 2.60. The predicted octanol–water partition coefficient (Wildman–Crippen LogP) is 4.94. The minimum atomic E-state index is -0.541. The predicted molar refractivity (Wildman–Crippen MR) is 117 cm³/mol. The summed E-state index contributed by atoms with van der Waals surface area (Å²) in [5.41, 5.74) is 4.89. The molecule has 0 radical (unpaired) electrons. The van der Waals surface area contributed by atoms with Crippen LogP contribution in [-0.2, 0) is 22.4 Å². The number of hydrogen-bond acceptors (Lipinski definition) is 3. The van der Waals surface area contributed by atoms with Crippen LogP contribution in [0.1, 0.15) is 49.4 Å². The first kappa shape index (κ1) is 22.5. The van der Waals surface area contributed by atoms with Crippen LogP contribution in [0, 0.1) is 13.8 Å². The van der Waals surface area contributed by atoms with Crippen molar-refractivity contribution in [3.05, 3.63) is 64.7 Å². The van der Waals surface area contributed by atoms with E-state index in [0.717, 1.165) is 18.4 Å². The molecule has 2 N–H and O–H groups in total. The lowest BCUT2D eigenvalue weighted by Gasteiger charge is -2.19. The highest BCUT2D eigenvalue weighted by molar-refractivity contribution is 5.85. The molecule has 5 heteroatoms. The van der Waals surface area contributed by atoms with Crippen LogP contribution < -0.4 is 10.6 Å². The maximum absolute atomic E-state index is 12.2. The molecule has 0 spiro atoms. The lowest BCUT2D eigenvalue weighted by Crippen LogP contribution is -2.27. The summed E-state index contributed by atoms with van der Waals surface area (Å²) in [7, 11) is 0. The number of amides is 2. The molecule has 0 aliphatic carbocycles. The van der Waals surface area contributed by atoms with Gasteiger partial charge in [0.1, 0.15) is 5.60 Å². The Morgan fingerprint density at radius 3 is 2.31 bits per heavy atom. The van der Waals surface area contributed by atoms with E-state index in [1.807, 2.05) is 32.9 Å². The molecule has 0 bridgehead atoms. The first-order valence-corrected chi connectivity index (χ1v) is 10.0. The van der Waals surface area contributed by atoms with Gasteiger partial charge >= 0.3 is 6.09 Å². The molecule has 2 amide bonds. The summed E-state index contributed by atoms with van der Waals surface area (Å²) in [6.07, 6.45) is 1.69. The van der Waals surface area contributed by atoms with Crippen LogP contribution in [0.15, 0.2) is 42.5 Å². The Hall–Kier alpha value is -2.82. The van der Waals surface area contributed by atoms with Gasteiger partial charge in [0, 0.05) is 12.2 Å². The SMILES string of the molecule is Cc1ccc(CCCNC(=O)Cc2ccc(NC(=O)OC(C)(C)C)cc2)c(C)c1. The molecular formula is C24H32N2O3. The monoisotopic (exact) mass is 396 g/mol. The van der Waals surface area contributed by atoms with Crippen LogP contribution in [0.4, 0.5) is 10.5 Å². The summed E-state index contributed by atoms with van der Waals surface area (Å²) in [6, 6.07) is 13.7. The van der Waals surface area contributed by atoms with Gasteiger partial charge in [-0.25, -0.2) is 4.79 Å². The molecule has 0 aliphatic heterocycles. The van der Waals surface area contributed by atoms with Crippen LogP contribution in [0.25, 0.3) is 0 Å². The van der Waals surface area contributed by atoms with Crippen molar-refractivity contribution < 1.29 is 14.3 Å². The van der Waals surface area contributed by atoms with E-state index in [1.54, 1.807) is 12.1 Å². The van der Waals surface area contributed by atoms with Gasteiger partial charge in [0.2, 0.25) is 5.91 Å². The Morgan fingerprint density at radius 2 is 1.69 bits per heavy atom. The van der Waals surface area contributed by atoms with Crippen molar-refractivity contribution in [2.75, 3.05) is 11.9 Å². The number of aryl methyl sites for hydroxylation is 3. The molecule has 0 atom stereocenters. The molecule has 0 fully saturated rings. The molecule has 0 unspecified atom stereocenters. The van der Waals surface area contributed by atoms with E-state index in [4.69, 9.17) is 4.74 Å².